The molecule has 0 heterocycles. The highest BCUT2D eigenvalue weighted by Crippen LogP contribution is 2.31. The third kappa shape index (κ3) is 3.44. The largest absolute Gasteiger partial charge is 0.0616 e. The molecule has 0 atom stereocenters. The van der Waals surface area contributed by atoms with Gasteiger partial charge in [0.05, 0.1) is 0 Å². The molecule has 4 rings (SSSR count). The summed E-state index contributed by atoms with van der Waals surface area (Å²) in [4.78, 5) is 0. The molecule has 0 aromatic heterocycles. The zero-order valence-corrected chi connectivity index (χ0v) is 15.9. The van der Waals surface area contributed by atoms with Gasteiger partial charge in [-0.2, -0.15) is 0 Å². The molecular weight excluding hydrogens is 300 g/mol. The van der Waals surface area contributed by atoms with E-state index in [-0.39, 0.29) is 0 Å². The van der Waals surface area contributed by atoms with Gasteiger partial charge in [-0.05, 0) is 78.4 Å². The van der Waals surface area contributed by atoms with E-state index >= 15 is 0 Å². The molecule has 0 aliphatic heterocycles. The predicted octanol–water partition coefficient (Wildman–Crippen LogP) is 7.22. The average Bonchev–Trinajstić information content (AvgIpc) is 2.64. The van der Waals surface area contributed by atoms with Crippen LogP contribution < -0.4 is 0 Å². The van der Waals surface area contributed by atoms with Crippen molar-refractivity contribution in [2.75, 3.05) is 0 Å². The molecule has 126 valence electrons. The van der Waals surface area contributed by atoms with Gasteiger partial charge in [-0.3, -0.25) is 0 Å². The van der Waals surface area contributed by atoms with E-state index in [0.717, 1.165) is 0 Å². The fourth-order valence-corrected chi connectivity index (χ4v) is 3.46. The first kappa shape index (κ1) is 17.2. The summed E-state index contributed by atoms with van der Waals surface area (Å²) >= 11 is 0. The van der Waals surface area contributed by atoms with Gasteiger partial charge < -0.3 is 0 Å². The van der Waals surface area contributed by atoms with Crippen molar-refractivity contribution >= 4 is 21.5 Å². The minimum atomic E-state index is 1.35. The topological polar surface area (TPSA) is 0 Å². The minimum absolute atomic E-state index is 1.35. The highest BCUT2D eigenvalue weighted by atomic mass is 14.1. The summed E-state index contributed by atoms with van der Waals surface area (Å²) < 4.78 is 0. The van der Waals surface area contributed by atoms with Crippen molar-refractivity contribution in [2.45, 2.75) is 34.6 Å². The van der Waals surface area contributed by atoms with Crippen LogP contribution in [0.25, 0.3) is 21.5 Å². The smallest absolute Gasteiger partial charge is 0.0146 e. The molecule has 0 radical (unpaired) electrons. The second-order valence-corrected chi connectivity index (χ2v) is 6.93. The van der Waals surface area contributed by atoms with Crippen molar-refractivity contribution in [1.29, 1.82) is 0 Å². The molecule has 0 heteroatoms. The molecule has 0 aliphatic rings. The van der Waals surface area contributed by atoms with Crippen LogP contribution in [0, 0.1) is 34.6 Å². The van der Waals surface area contributed by atoms with Crippen LogP contribution in [0.2, 0.25) is 0 Å². The molecule has 0 N–H and O–H groups in total. The fourth-order valence-electron chi connectivity index (χ4n) is 3.46. The second-order valence-electron chi connectivity index (χ2n) is 6.93. The van der Waals surface area contributed by atoms with E-state index in [2.05, 4.69) is 101 Å². The Morgan fingerprint density at radius 2 is 0.840 bits per heavy atom. The van der Waals surface area contributed by atoms with E-state index in [4.69, 9.17) is 0 Å². The Kier molecular flexibility index (Phi) is 4.90. The SMILES string of the molecule is Cc1c2ccccc2c(C)c2ccccc12.Cc1ccc(C)c(C)c1. The van der Waals surface area contributed by atoms with Gasteiger partial charge in [-0.25, -0.2) is 0 Å². The normalized spacial score (nSPS) is 10.6. The Balaban J connectivity index is 0.000000173. The predicted molar refractivity (Wildman–Crippen MR) is 112 cm³/mol. The molecule has 0 amide bonds. The van der Waals surface area contributed by atoms with Crippen molar-refractivity contribution in [3.63, 3.8) is 0 Å². The highest BCUT2D eigenvalue weighted by Gasteiger charge is 2.06. The number of rotatable bonds is 0. The Hall–Kier alpha value is -2.60. The van der Waals surface area contributed by atoms with Gasteiger partial charge in [-0.1, -0.05) is 72.3 Å². The standard InChI is InChI=1S/C16H14.C9H12/c1-11-13-7-3-5-9-15(13)12(2)16-10-6-4-8-14(11)16;1-7-4-5-8(2)9(3)6-7/h3-10H,1-2H3;4-6H,1-3H3. The fraction of sp³-hybridized carbons (Fsp3) is 0.200. The molecule has 0 spiro atoms. The van der Waals surface area contributed by atoms with Gasteiger partial charge in [0, 0.05) is 0 Å². The third-order valence-electron chi connectivity index (χ3n) is 5.13. The van der Waals surface area contributed by atoms with Crippen LogP contribution >= 0.6 is 0 Å². The van der Waals surface area contributed by atoms with E-state index < -0.39 is 0 Å². The summed E-state index contributed by atoms with van der Waals surface area (Å²) in [7, 11) is 0. The molecule has 0 nitrogen and oxygen atoms in total. The van der Waals surface area contributed by atoms with E-state index in [0.29, 0.717) is 0 Å². The summed E-state index contributed by atoms with van der Waals surface area (Å²) in [5, 5.41) is 5.50. The molecular formula is C25H26. The lowest BCUT2D eigenvalue weighted by Crippen LogP contribution is -1.87. The maximum atomic E-state index is 2.21. The zero-order valence-electron chi connectivity index (χ0n) is 15.9. The Morgan fingerprint density at radius 1 is 0.440 bits per heavy atom. The molecule has 25 heavy (non-hydrogen) atoms. The Bertz CT molecular complexity index is 921. The van der Waals surface area contributed by atoms with Crippen LogP contribution in [0.5, 0.6) is 0 Å². The molecule has 0 unspecified atom stereocenters. The molecule has 0 fully saturated rings. The van der Waals surface area contributed by atoms with E-state index in [9.17, 15) is 0 Å². The number of hydrogen-bond donors (Lipinski definition) is 0. The van der Waals surface area contributed by atoms with Gasteiger partial charge in [-0.15, -0.1) is 0 Å². The first-order valence-electron chi connectivity index (χ1n) is 8.89. The summed E-state index contributed by atoms with van der Waals surface area (Å²) in [6.45, 7) is 10.8. The highest BCUT2D eigenvalue weighted by molar-refractivity contribution is 6.05. The zero-order chi connectivity index (χ0) is 18.0. The van der Waals surface area contributed by atoms with Gasteiger partial charge in [0.1, 0.15) is 0 Å². The van der Waals surface area contributed by atoms with E-state index in [1.165, 1.54) is 49.4 Å². The third-order valence-corrected chi connectivity index (χ3v) is 5.13. The van der Waals surface area contributed by atoms with Crippen molar-refractivity contribution in [3.8, 4) is 0 Å². The second kappa shape index (κ2) is 7.11. The first-order valence-corrected chi connectivity index (χ1v) is 8.89. The Labute approximate surface area is 151 Å². The minimum Gasteiger partial charge on any atom is -0.0616 e. The molecule has 0 saturated carbocycles. The molecule has 0 aliphatic carbocycles. The van der Waals surface area contributed by atoms with Gasteiger partial charge in [0.25, 0.3) is 0 Å². The lowest BCUT2D eigenvalue weighted by molar-refractivity contribution is 1.30. The molecule has 0 bridgehead atoms. The van der Waals surface area contributed by atoms with Crippen LogP contribution in [-0.2, 0) is 0 Å². The van der Waals surface area contributed by atoms with Crippen molar-refractivity contribution in [1.82, 2.24) is 0 Å². The molecule has 4 aromatic rings. The van der Waals surface area contributed by atoms with Gasteiger partial charge in [0.15, 0.2) is 0 Å². The number of aryl methyl sites for hydroxylation is 5. The quantitative estimate of drug-likeness (QED) is 0.299. The van der Waals surface area contributed by atoms with Crippen molar-refractivity contribution in [2.24, 2.45) is 0 Å². The van der Waals surface area contributed by atoms with Crippen molar-refractivity contribution in [3.05, 3.63) is 94.5 Å². The number of hydrogen-bond acceptors (Lipinski definition) is 0. The maximum Gasteiger partial charge on any atom is -0.0146 e. The Morgan fingerprint density at radius 3 is 1.16 bits per heavy atom. The van der Waals surface area contributed by atoms with Gasteiger partial charge in [0.2, 0.25) is 0 Å². The van der Waals surface area contributed by atoms with Gasteiger partial charge >= 0.3 is 0 Å². The summed E-state index contributed by atoms with van der Waals surface area (Å²) in [6, 6.07) is 23.8. The van der Waals surface area contributed by atoms with Crippen molar-refractivity contribution < 1.29 is 0 Å². The molecule has 0 saturated heterocycles. The summed E-state index contributed by atoms with van der Waals surface area (Å²) in [5.41, 5.74) is 6.88. The van der Waals surface area contributed by atoms with Crippen LogP contribution in [-0.4, -0.2) is 0 Å². The average molecular weight is 326 g/mol. The first-order chi connectivity index (χ1) is 12.0. The van der Waals surface area contributed by atoms with E-state index in [1.807, 2.05) is 0 Å². The maximum absolute atomic E-state index is 2.21. The van der Waals surface area contributed by atoms with Crippen LogP contribution in [0.15, 0.2) is 66.7 Å². The summed E-state index contributed by atoms with van der Waals surface area (Å²) in [5.74, 6) is 0. The van der Waals surface area contributed by atoms with E-state index in [1.54, 1.807) is 0 Å². The lowest BCUT2D eigenvalue weighted by Gasteiger charge is -2.11. The lowest BCUT2D eigenvalue weighted by atomic mass is 9.93. The number of fused-ring (bicyclic) bond motifs is 2. The van der Waals surface area contributed by atoms with Crippen LogP contribution in [0.1, 0.15) is 27.8 Å². The monoisotopic (exact) mass is 326 g/mol. The van der Waals surface area contributed by atoms with Crippen LogP contribution in [0.3, 0.4) is 0 Å². The molecule has 4 aromatic carbocycles. The van der Waals surface area contributed by atoms with Crippen LogP contribution in [0.4, 0.5) is 0 Å². The number of benzene rings is 4. The summed E-state index contributed by atoms with van der Waals surface area (Å²) in [6.07, 6.45) is 0.